The Hall–Kier alpha value is -1.32. The van der Waals surface area contributed by atoms with E-state index >= 15 is 0 Å². The summed E-state index contributed by atoms with van der Waals surface area (Å²) < 4.78 is 7.19. The van der Waals surface area contributed by atoms with Gasteiger partial charge in [-0.05, 0) is 43.7 Å². The number of hydrogen-bond acceptors (Lipinski definition) is 2. The predicted molar refractivity (Wildman–Crippen MR) is 92.1 cm³/mol. The van der Waals surface area contributed by atoms with Crippen molar-refractivity contribution >= 4 is 15.9 Å². The second kappa shape index (κ2) is 7.10. The highest BCUT2D eigenvalue weighted by molar-refractivity contribution is 9.10. The minimum Gasteiger partial charge on any atom is -0.457 e. The van der Waals surface area contributed by atoms with Crippen LogP contribution in [0.2, 0.25) is 0 Å². The molecule has 2 aromatic carbocycles. The lowest BCUT2D eigenvalue weighted by Gasteiger charge is -2.15. The number of hydrogen-bond donors (Lipinski definition) is 1. The van der Waals surface area contributed by atoms with Gasteiger partial charge in [-0.3, -0.25) is 0 Å². The summed E-state index contributed by atoms with van der Waals surface area (Å²) in [7, 11) is 0. The third-order valence-corrected chi connectivity index (χ3v) is 3.77. The molecule has 0 saturated heterocycles. The van der Waals surface area contributed by atoms with Gasteiger partial charge in [0, 0.05) is 22.6 Å². The van der Waals surface area contributed by atoms with Crippen molar-refractivity contribution in [2.75, 3.05) is 0 Å². The van der Waals surface area contributed by atoms with Gasteiger partial charge in [-0.2, -0.15) is 0 Å². The number of benzene rings is 2. The van der Waals surface area contributed by atoms with Crippen LogP contribution in [0.1, 0.15) is 30.5 Å². The lowest BCUT2D eigenvalue weighted by Crippen LogP contribution is -2.22. The summed E-state index contributed by atoms with van der Waals surface area (Å²) in [5, 5.41) is 3.44. The number of halogens is 1. The first kappa shape index (κ1) is 16.1. The van der Waals surface area contributed by atoms with E-state index in [-0.39, 0.29) is 0 Å². The summed E-state index contributed by atoms with van der Waals surface area (Å²) in [4.78, 5) is 0. The minimum absolute atomic E-state index is 0.443. The Labute approximate surface area is 135 Å². The molecule has 0 radical (unpaired) electrons. The SMILES string of the molecule is Cc1ccc(Oc2ccc(Br)cc2CNC(C)C)c(C)c1. The maximum atomic E-state index is 6.12. The van der Waals surface area contributed by atoms with Crippen LogP contribution in [0.3, 0.4) is 0 Å². The van der Waals surface area contributed by atoms with Gasteiger partial charge in [-0.1, -0.05) is 47.5 Å². The van der Waals surface area contributed by atoms with E-state index in [9.17, 15) is 0 Å². The molecule has 112 valence electrons. The Balaban J connectivity index is 2.26. The fourth-order valence-corrected chi connectivity index (χ4v) is 2.54. The van der Waals surface area contributed by atoms with Gasteiger partial charge in [0.2, 0.25) is 0 Å². The number of rotatable bonds is 5. The molecule has 0 aliphatic carbocycles. The van der Waals surface area contributed by atoms with Crippen LogP contribution in [-0.4, -0.2) is 6.04 Å². The van der Waals surface area contributed by atoms with Crippen LogP contribution in [0.5, 0.6) is 11.5 Å². The fourth-order valence-electron chi connectivity index (χ4n) is 2.13. The first-order valence-corrected chi connectivity index (χ1v) is 8.02. The van der Waals surface area contributed by atoms with Crippen molar-refractivity contribution in [3.63, 3.8) is 0 Å². The van der Waals surface area contributed by atoms with Crippen molar-refractivity contribution < 1.29 is 4.74 Å². The largest absolute Gasteiger partial charge is 0.457 e. The highest BCUT2D eigenvalue weighted by Gasteiger charge is 2.08. The first-order valence-electron chi connectivity index (χ1n) is 7.22. The molecule has 0 amide bonds. The molecular weight excluding hydrogens is 326 g/mol. The van der Waals surface area contributed by atoms with E-state index in [1.165, 1.54) is 5.56 Å². The molecule has 3 heteroatoms. The fraction of sp³-hybridized carbons (Fsp3) is 0.333. The van der Waals surface area contributed by atoms with E-state index in [1.807, 2.05) is 18.2 Å². The van der Waals surface area contributed by atoms with E-state index in [4.69, 9.17) is 4.74 Å². The molecule has 2 rings (SSSR count). The molecule has 0 aromatic heterocycles. The van der Waals surface area contributed by atoms with Crippen molar-refractivity contribution in [3.05, 3.63) is 57.6 Å². The standard InChI is InChI=1S/C18H22BrNO/c1-12(2)20-11-15-10-16(19)6-8-18(15)21-17-7-5-13(3)9-14(17)4/h5-10,12,20H,11H2,1-4H3. The van der Waals surface area contributed by atoms with Gasteiger partial charge >= 0.3 is 0 Å². The van der Waals surface area contributed by atoms with Crippen molar-refractivity contribution in [1.82, 2.24) is 5.32 Å². The average molecular weight is 348 g/mol. The Bertz CT molecular complexity index is 623. The molecule has 0 fully saturated rings. The molecule has 0 aliphatic rings. The molecule has 2 nitrogen and oxygen atoms in total. The summed E-state index contributed by atoms with van der Waals surface area (Å²) in [5.74, 6) is 1.81. The van der Waals surface area contributed by atoms with Gasteiger partial charge < -0.3 is 10.1 Å². The predicted octanol–water partition coefficient (Wildman–Crippen LogP) is 5.36. The monoisotopic (exact) mass is 347 g/mol. The van der Waals surface area contributed by atoms with E-state index < -0.39 is 0 Å². The third-order valence-electron chi connectivity index (χ3n) is 3.27. The second-order valence-corrected chi connectivity index (χ2v) is 6.57. The molecule has 0 unspecified atom stereocenters. The molecule has 0 bridgehead atoms. The van der Waals surface area contributed by atoms with Gasteiger partial charge in [0.15, 0.2) is 0 Å². The summed E-state index contributed by atoms with van der Waals surface area (Å²) in [6, 6.07) is 12.8. The second-order valence-electron chi connectivity index (χ2n) is 5.66. The Morgan fingerprint density at radius 3 is 2.43 bits per heavy atom. The van der Waals surface area contributed by atoms with Crippen LogP contribution >= 0.6 is 15.9 Å². The van der Waals surface area contributed by atoms with Crippen LogP contribution in [0.15, 0.2) is 40.9 Å². The summed E-state index contributed by atoms with van der Waals surface area (Å²) in [6.07, 6.45) is 0. The quantitative estimate of drug-likeness (QED) is 0.786. The van der Waals surface area contributed by atoms with Crippen LogP contribution in [0.25, 0.3) is 0 Å². The zero-order chi connectivity index (χ0) is 15.4. The number of nitrogens with one attached hydrogen (secondary N) is 1. The van der Waals surface area contributed by atoms with Gasteiger partial charge in [0.1, 0.15) is 11.5 Å². The van der Waals surface area contributed by atoms with Crippen LogP contribution < -0.4 is 10.1 Å². The van der Waals surface area contributed by atoms with Crippen molar-refractivity contribution in [2.24, 2.45) is 0 Å². The molecule has 21 heavy (non-hydrogen) atoms. The third kappa shape index (κ3) is 4.58. The zero-order valence-electron chi connectivity index (χ0n) is 13.0. The van der Waals surface area contributed by atoms with Crippen molar-refractivity contribution in [3.8, 4) is 11.5 Å². The normalized spacial score (nSPS) is 11.0. The lowest BCUT2D eigenvalue weighted by molar-refractivity contribution is 0.466. The molecule has 0 atom stereocenters. The topological polar surface area (TPSA) is 21.3 Å². The van der Waals surface area contributed by atoms with Gasteiger partial charge in [0.25, 0.3) is 0 Å². The van der Waals surface area contributed by atoms with Crippen LogP contribution in [0.4, 0.5) is 0 Å². The number of ether oxygens (including phenoxy) is 1. The molecular formula is C18H22BrNO. The lowest BCUT2D eigenvalue weighted by atomic mass is 10.1. The smallest absolute Gasteiger partial charge is 0.132 e. The minimum atomic E-state index is 0.443. The van der Waals surface area contributed by atoms with E-state index in [1.54, 1.807) is 0 Å². The van der Waals surface area contributed by atoms with Gasteiger partial charge in [-0.15, -0.1) is 0 Å². The molecule has 0 spiro atoms. The highest BCUT2D eigenvalue weighted by atomic mass is 79.9. The first-order chi connectivity index (χ1) is 9.95. The molecule has 0 aliphatic heterocycles. The van der Waals surface area contributed by atoms with Crippen molar-refractivity contribution in [1.29, 1.82) is 0 Å². The maximum Gasteiger partial charge on any atom is 0.132 e. The van der Waals surface area contributed by atoms with Crippen LogP contribution in [-0.2, 0) is 6.54 Å². The van der Waals surface area contributed by atoms with Gasteiger partial charge in [0.05, 0.1) is 0 Å². The zero-order valence-corrected chi connectivity index (χ0v) is 14.6. The van der Waals surface area contributed by atoms with E-state index in [0.717, 1.165) is 33.6 Å². The Morgan fingerprint density at radius 1 is 1.05 bits per heavy atom. The summed E-state index contributed by atoms with van der Waals surface area (Å²) >= 11 is 3.53. The molecule has 2 aromatic rings. The maximum absolute atomic E-state index is 6.12. The average Bonchev–Trinajstić information content (AvgIpc) is 2.41. The Kier molecular flexibility index (Phi) is 5.43. The van der Waals surface area contributed by atoms with E-state index in [2.05, 4.69) is 67.1 Å². The Morgan fingerprint density at radius 2 is 1.76 bits per heavy atom. The number of aryl methyl sites for hydroxylation is 2. The van der Waals surface area contributed by atoms with Crippen LogP contribution in [0, 0.1) is 13.8 Å². The molecule has 0 saturated carbocycles. The van der Waals surface area contributed by atoms with Crippen molar-refractivity contribution in [2.45, 2.75) is 40.3 Å². The molecule has 0 heterocycles. The van der Waals surface area contributed by atoms with Gasteiger partial charge in [-0.25, -0.2) is 0 Å². The summed E-state index contributed by atoms with van der Waals surface area (Å²) in [6.45, 7) is 9.24. The highest BCUT2D eigenvalue weighted by Crippen LogP contribution is 2.30. The summed E-state index contributed by atoms with van der Waals surface area (Å²) in [5.41, 5.74) is 3.55. The molecule has 1 N–H and O–H groups in total. The van der Waals surface area contributed by atoms with E-state index in [0.29, 0.717) is 6.04 Å².